The summed E-state index contributed by atoms with van der Waals surface area (Å²) >= 11 is 8.48. The van der Waals surface area contributed by atoms with E-state index in [1.54, 1.807) is 23.5 Å². The van der Waals surface area contributed by atoms with Crippen molar-refractivity contribution in [2.24, 2.45) is 0 Å². The zero-order chi connectivity index (χ0) is 14.7. The molecule has 0 aliphatic heterocycles. The van der Waals surface area contributed by atoms with Crippen molar-refractivity contribution in [1.82, 2.24) is 0 Å². The monoisotopic (exact) mass is 420 g/mol. The summed E-state index contributed by atoms with van der Waals surface area (Å²) in [6, 6.07) is 6.56. The first-order chi connectivity index (χ1) is 9.45. The number of amides is 1. The lowest BCUT2D eigenvalue weighted by Crippen LogP contribution is -2.08. The lowest BCUT2D eigenvalue weighted by atomic mass is 10.2. The molecular weight excluding hydrogens is 411 g/mol. The molecule has 2 aromatic rings. The van der Waals surface area contributed by atoms with E-state index < -0.39 is 5.82 Å². The maximum Gasteiger partial charge on any atom is 0.221 e. The summed E-state index contributed by atoms with van der Waals surface area (Å²) in [4.78, 5) is 12.1. The Morgan fingerprint density at radius 2 is 2.10 bits per heavy atom. The third kappa shape index (κ3) is 4.04. The molecule has 0 radical (unpaired) electrons. The molecule has 0 bridgehead atoms. The van der Waals surface area contributed by atoms with Gasteiger partial charge in [-0.3, -0.25) is 4.79 Å². The highest BCUT2D eigenvalue weighted by Crippen LogP contribution is 2.32. The van der Waals surface area contributed by atoms with Gasteiger partial charge in [0.25, 0.3) is 0 Å². The zero-order valence-electron chi connectivity index (χ0n) is 10.5. The van der Waals surface area contributed by atoms with Gasteiger partial charge in [-0.05, 0) is 56.1 Å². The average molecular weight is 422 g/mol. The molecule has 1 aromatic heterocycles. The molecule has 2 rings (SSSR count). The topological polar surface area (TPSA) is 41.1 Å². The summed E-state index contributed by atoms with van der Waals surface area (Å²) in [5.74, 6) is -0.750. The summed E-state index contributed by atoms with van der Waals surface area (Å²) in [6.07, 6.45) is 0. The van der Waals surface area contributed by atoms with Crippen LogP contribution in [0.15, 0.2) is 32.5 Å². The van der Waals surface area contributed by atoms with Crippen molar-refractivity contribution < 1.29 is 9.18 Å². The lowest BCUT2D eigenvalue weighted by Gasteiger charge is -2.09. The summed E-state index contributed by atoms with van der Waals surface area (Å²) in [5, 5.41) is 5.65. The second-order valence-electron chi connectivity index (χ2n) is 4.06. The van der Waals surface area contributed by atoms with E-state index in [1.165, 1.54) is 13.0 Å². The van der Waals surface area contributed by atoms with Gasteiger partial charge in [0.2, 0.25) is 5.91 Å². The van der Waals surface area contributed by atoms with E-state index in [4.69, 9.17) is 0 Å². The van der Waals surface area contributed by atoms with Gasteiger partial charge in [-0.2, -0.15) is 0 Å². The van der Waals surface area contributed by atoms with Gasteiger partial charge >= 0.3 is 0 Å². The van der Waals surface area contributed by atoms with Crippen LogP contribution in [0.5, 0.6) is 0 Å². The third-order valence-electron chi connectivity index (χ3n) is 2.44. The minimum Gasteiger partial charge on any atom is -0.380 e. The third-order valence-corrected chi connectivity index (χ3v) is 5.70. The molecular formula is C13H11Br2FN2OS. The van der Waals surface area contributed by atoms with Gasteiger partial charge in [-0.15, -0.1) is 11.3 Å². The van der Waals surface area contributed by atoms with E-state index in [2.05, 4.69) is 42.5 Å². The van der Waals surface area contributed by atoms with Gasteiger partial charge in [-0.25, -0.2) is 4.39 Å². The molecule has 0 aliphatic rings. The summed E-state index contributed by atoms with van der Waals surface area (Å²) in [6.45, 7) is 1.97. The number of carbonyl (C=O) groups excluding carboxylic acids is 1. The average Bonchev–Trinajstić information content (AvgIpc) is 2.69. The maximum atomic E-state index is 13.5. The smallest absolute Gasteiger partial charge is 0.221 e. The summed E-state index contributed by atoms with van der Waals surface area (Å²) < 4.78 is 15.5. The Balaban J connectivity index is 2.07. The van der Waals surface area contributed by atoms with E-state index in [1.807, 2.05) is 6.07 Å². The van der Waals surface area contributed by atoms with E-state index in [0.29, 0.717) is 6.54 Å². The number of benzene rings is 1. The van der Waals surface area contributed by atoms with Gasteiger partial charge < -0.3 is 10.6 Å². The van der Waals surface area contributed by atoms with Crippen LogP contribution >= 0.6 is 43.2 Å². The number of halogens is 3. The van der Waals surface area contributed by atoms with E-state index in [-0.39, 0.29) is 11.6 Å². The molecule has 1 amide bonds. The summed E-state index contributed by atoms with van der Waals surface area (Å²) in [5.41, 5.74) is 0.923. The first-order valence-electron chi connectivity index (χ1n) is 5.70. The standard InChI is InChI=1S/C13H11Br2FN2OS/c1-7(19)18-12-4-8(2-3-11(12)16)17-6-9-5-10(14)13(15)20-9/h2-5,17H,6H2,1H3,(H,18,19). The second-order valence-corrected chi connectivity index (χ2v) is 7.37. The van der Waals surface area contributed by atoms with Crippen LogP contribution in [0.1, 0.15) is 11.8 Å². The number of hydrogen-bond donors (Lipinski definition) is 2. The van der Waals surface area contributed by atoms with Gasteiger partial charge in [0.15, 0.2) is 0 Å². The van der Waals surface area contributed by atoms with Crippen LogP contribution in [0.25, 0.3) is 0 Å². The van der Waals surface area contributed by atoms with Crippen molar-refractivity contribution in [1.29, 1.82) is 0 Å². The minimum absolute atomic E-state index is 0.177. The molecule has 0 aliphatic carbocycles. The van der Waals surface area contributed by atoms with Gasteiger partial charge in [0, 0.05) is 28.5 Å². The predicted molar refractivity (Wildman–Crippen MR) is 87.7 cm³/mol. The highest BCUT2D eigenvalue weighted by Gasteiger charge is 2.07. The minimum atomic E-state index is -0.452. The van der Waals surface area contributed by atoms with Crippen LogP contribution in [-0.4, -0.2) is 5.91 Å². The molecule has 0 spiro atoms. The van der Waals surface area contributed by atoms with Crippen LogP contribution in [0.4, 0.5) is 15.8 Å². The Bertz CT molecular complexity index is 626. The molecule has 0 saturated heterocycles. The Morgan fingerprint density at radius 1 is 1.35 bits per heavy atom. The van der Waals surface area contributed by atoms with Crippen molar-refractivity contribution in [3.63, 3.8) is 0 Å². The van der Waals surface area contributed by atoms with Crippen LogP contribution < -0.4 is 10.6 Å². The van der Waals surface area contributed by atoms with E-state index in [9.17, 15) is 9.18 Å². The number of carbonyl (C=O) groups is 1. The molecule has 2 N–H and O–H groups in total. The number of rotatable bonds is 4. The first-order valence-corrected chi connectivity index (χ1v) is 8.10. The van der Waals surface area contributed by atoms with Gasteiger partial charge in [-0.1, -0.05) is 0 Å². The predicted octanol–water partition coefficient (Wildman–Crippen LogP) is 4.98. The fourth-order valence-corrected chi connectivity index (χ4v) is 3.70. The van der Waals surface area contributed by atoms with Crippen LogP contribution in [0.2, 0.25) is 0 Å². The van der Waals surface area contributed by atoms with E-state index in [0.717, 1.165) is 18.8 Å². The van der Waals surface area contributed by atoms with Crippen molar-refractivity contribution in [3.8, 4) is 0 Å². The number of thiophene rings is 1. The fourth-order valence-electron chi connectivity index (χ4n) is 1.59. The molecule has 0 unspecified atom stereocenters. The zero-order valence-corrected chi connectivity index (χ0v) is 14.5. The van der Waals surface area contributed by atoms with Crippen LogP contribution in [0, 0.1) is 5.82 Å². The quantitative estimate of drug-likeness (QED) is 0.730. The van der Waals surface area contributed by atoms with Crippen molar-refractivity contribution in [2.45, 2.75) is 13.5 Å². The fraction of sp³-hybridized carbons (Fsp3) is 0.154. The molecule has 0 fully saturated rings. The molecule has 0 atom stereocenters. The Labute approximate surface area is 136 Å². The number of nitrogens with one attached hydrogen (secondary N) is 2. The normalized spacial score (nSPS) is 10.4. The van der Waals surface area contributed by atoms with Crippen LogP contribution in [-0.2, 0) is 11.3 Å². The molecule has 0 saturated carbocycles. The largest absolute Gasteiger partial charge is 0.380 e. The molecule has 7 heteroatoms. The molecule has 106 valence electrons. The molecule has 20 heavy (non-hydrogen) atoms. The second kappa shape index (κ2) is 6.69. The van der Waals surface area contributed by atoms with Crippen LogP contribution in [0.3, 0.4) is 0 Å². The Kier molecular flexibility index (Phi) is 5.17. The van der Waals surface area contributed by atoms with Gasteiger partial charge in [0.05, 0.1) is 9.47 Å². The lowest BCUT2D eigenvalue weighted by molar-refractivity contribution is -0.114. The van der Waals surface area contributed by atoms with Crippen molar-refractivity contribution >= 4 is 60.5 Å². The van der Waals surface area contributed by atoms with E-state index >= 15 is 0 Å². The molecule has 1 heterocycles. The SMILES string of the molecule is CC(=O)Nc1cc(NCc2cc(Br)c(Br)s2)ccc1F. The number of anilines is 2. The first kappa shape index (κ1) is 15.5. The Morgan fingerprint density at radius 3 is 2.70 bits per heavy atom. The highest BCUT2D eigenvalue weighted by molar-refractivity contribution is 9.13. The molecule has 1 aromatic carbocycles. The maximum absolute atomic E-state index is 13.5. The Hall–Kier alpha value is -0.920. The van der Waals surface area contributed by atoms with Crippen molar-refractivity contribution in [2.75, 3.05) is 10.6 Å². The summed E-state index contributed by atoms with van der Waals surface area (Å²) in [7, 11) is 0. The molecule has 3 nitrogen and oxygen atoms in total. The van der Waals surface area contributed by atoms with Gasteiger partial charge in [0.1, 0.15) is 5.82 Å². The number of hydrogen-bond acceptors (Lipinski definition) is 3. The van der Waals surface area contributed by atoms with Crippen molar-refractivity contribution in [3.05, 3.63) is 43.2 Å². The highest BCUT2D eigenvalue weighted by atomic mass is 79.9.